The fourth-order valence-corrected chi connectivity index (χ4v) is 3.68. The minimum Gasteiger partial charge on any atom is -0.465 e. The highest BCUT2D eigenvalue weighted by atomic mass is 32.1. The number of amides is 1. The van der Waals surface area contributed by atoms with Gasteiger partial charge in [-0.1, -0.05) is 0 Å². The Labute approximate surface area is 136 Å². The Morgan fingerprint density at radius 3 is 2.87 bits per heavy atom. The van der Waals surface area contributed by atoms with Crippen molar-refractivity contribution in [2.24, 2.45) is 5.92 Å². The number of H-pyrrole nitrogens is 1. The third-order valence-electron chi connectivity index (χ3n) is 3.95. The molecule has 2 aromatic rings. The van der Waals surface area contributed by atoms with Crippen molar-refractivity contribution in [3.05, 3.63) is 50.1 Å². The molecule has 7 heteroatoms. The number of pyridine rings is 1. The van der Waals surface area contributed by atoms with E-state index in [1.165, 1.54) is 29.8 Å². The Morgan fingerprint density at radius 1 is 1.43 bits per heavy atom. The fraction of sp³-hybridized carbons (Fsp3) is 0.312. The normalized spacial score (nSPS) is 19.2. The van der Waals surface area contributed by atoms with Gasteiger partial charge in [0.1, 0.15) is 5.69 Å². The van der Waals surface area contributed by atoms with Crippen LogP contribution in [0.25, 0.3) is 0 Å². The first-order valence-electron chi connectivity index (χ1n) is 7.17. The predicted molar refractivity (Wildman–Crippen MR) is 86.9 cm³/mol. The largest absolute Gasteiger partial charge is 0.465 e. The monoisotopic (exact) mass is 332 g/mol. The number of aromatic nitrogens is 1. The Kier molecular flexibility index (Phi) is 4.04. The van der Waals surface area contributed by atoms with Gasteiger partial charge in [-0.05, 0) is 36.4 Å². The Bertz CT molecular complexity index is 823. The summed E-state index contributed by atoms with van der Waals surface area (Å²) in [4.78, 5) is 39.3. The number of carbonyl (C=O) groups excluding carboxylic acids is 2. The average molecular weight is 332 g/mol. The van der Waals surface area contributed by atoms with Gasteiger partial charge in [0.25, 0.3) is 5.56 Å². The molecule has 3 rings (SSSR count). The Balaban J connectivity index is 1.73. The molecule has 120 valence electrons. The molecule has 0 aromatic carbocycles. The van der Waals surface area contributed by atoms with Crippen LogP contribution in [0.1, 0.15) is 33.1 Å². The maximum Gasteiger partial charge on any atom is 0.339 e. The van der Waals surface area contributed by atoms with E-state index in [9.17, 15) is 14.4 Å². The van der Waals surface area contributed by atoms with Gasteiger partial charge in [0.2, 0.25) is 5.91 Å². The highest BCUT2D eigenvalue weighted by molar-refractivity contribution is 7.10. The maximum atomic E-state index is 12.3. The van der Waals surface area contributed by atoms with Crippen LogP contribution in [-0.4, -0.2) is 24.0 Å². The van der Waals surface area contributed by atoms with E-state index in [2.05, 4.69) is 15.0 Å². The van der Waals surface area contributed by atoms with Crippen LogP contribution in [0.3, 0.4) is 0 Å². The highest BCUT2D eigenvalue weighted by Crippen LogP contribution is 2.50. The van der Waals surface area contributed by atoms with Crippen LogP contribution in [-0.2, 0) is 9.53 Å². The molecular weight excluding hydrogens is 316 g/mol. The van der Waals surface area contributed by atoms with Crippen molar-refractivity contribution < 1.29 is 14.3 Å². The van der Waals surface area contributed by atoms with Gasteiger partial charge in [0.15, 0.2) is 0 Å². The summed E-state index contributed by atoms with van der Waals surface area (Å²) in [6.45, 7) is 2.03. The number of carbonyl (C=O) groups is 2. The first-order chi connectivity index (χ1) is 11.0. The number of hydrogen-bond acceptors (Lipinski definition) is 5. The summed E-state index contributed by atoms with van der Waals surface area (Å²) >= 11 is 1.65. The van der Waals surface area contributed by atoms with Gasteiger partial charge in [-0.2, -0.15) is 0 Å². The van der Waals surface area contributed by atoms with Gasteiger partial charge < -0.3 is 15.0 Å². The zero-order chi connectivity index (χ0) is 16.6. The van der Waals surface area contributed by atoms with Gasteiger partial charge in [0.05, 0.1) is 12.7 Å². The van der Waals surface area contributed by atoms with Crippen molar-refractivity contribution in [1.82, 2.24) is 4.98 Å². The van der Waals surface area contributed by atoms with Crippen LogP contribution in [0, 0.1) is 12.8 Å². The minimum absolute atomic E-state index is 0.0615. The fourth-order valence-electron chi connectivity index (χ4n) is 2.58. The van der Waals surface area contributed by atoms with Gasteiger partial charge >= 0.3 is 5.97 Å². The Morgan fingerprint density at radius 2 is 2.22 bits per heavy atom. The van der Waals surface area contributed by atoms with Crippen LogP contribution in [0.5, 0.6) is 0 Å². The second-order valence-electron chi connectivity index (χ2n) is 5.53. The summed E-state index contributed by atoms with van der Waals surface area (Å²) in [7, 11) is 1.25. The molecule has 1 saturated carbocycles. The molecule has 0 unspecified atom stereocenters. The van der Waals surface area contributed by atoms with E-state index in [1.54, 1.807) is 11.3 Å². The smallest absolute Gasteiger partial charge is 0.339 e. The topological polar surface area (TPSA) is 88.3 Å². The molecule has 2 aromatic heterocycles. The zero-order valence-corrected chi connectivity index (χ0v) is 13.5. The molecular formula is C16H16N2O4S. The number of nitrogens with one attached hydrogen (secondary N) is 2. The molecule has 0 saturated heterocycles. The summed E-state index contributed by atoms with van der Waals surface area (Å²) in [6, 6.07) is 3.37. The van der Waals surface area contributed by atoms with Gasteiger partial charge in [0, 0.05) is 22.9 Å². The maximum absolute atomic E-state index is 12.3. The molecule has 6 nitrogen and oxygen atoms in total. The molecule has 2 heterocycles. The first kappa shape index (κ1) is 15.5. The van der Waals surface area contributed by atoms with Crippen molar-refractivity contribution in [2.75, 3.05) is 12.4 Å². The second-order valence-corrected chi connectivity index (χ2v) is 6.48. The van der Waals surface area contributed by atoms with Crippen molar-refractivity contribution in [2.45, 2.75) is 19.3 Å². The lowest BCUT2D eigenvalue weighted by Crippen LogP contribution is -2.22. The molecule has 23 heavy (non-hydrogen) atoms. The summed E-state index contributed by atoms with van der Waals surface area (Å²) in [5.74, 6) is -0.683. The molecule has 0 aliphatic heterocycles. The minimum atomic E-state index is -0.574. The molecule has 2 N–H and O–H groups in total. The molecule has 0 bridgehead atoms. The van der Waals surface area contributed by atoms with Crippen LogP contribution >= 0.6 is 11.3 Å². The molecule has 1 amide bonds. The number of hydrogen-bond donors (Lipinski definition) is 2. The number of methoxy groups -OCH3 is 1. The van der Waals surface area contributed by atoms with E-state index in [0.29, 0.717) is 0 Å². The molecule has 0 spiro atoms. The molecule has 1 aliphatic rings. The number of thiophene rings is 1. The SMILES string of the molecule is COC(=O)c1c[nH]c(=O)c(NC(=O)[C@H]2C[C@H]2c2sccc2C)c1. The lowest BCUT2D eigenvalue weighted by molar-refractivity contribution is -0.117. The average Bonchev–Trinajstić information content (AvgIpc) is 3.23. The van der Waals surface area contributed by atoms with E-state index in [-0.39, 0.29) is 29.0 Å². The van der Waals surface area contributed by atoms with Crippen molar-refractivity contribution in [3.63, 3.8) is 0 Å². The number of aryl methyl sites for hydroxylation is 1. The van der Waals surface area contributed by atoms with E-state index >= 15 is 0 Å². The summed E-state index contributed by atoms with van der Waals surface area (Å²) < 4.78 is 4.60. The molecule has 0 radical (unpaired) electrons. The third-order valence-corrected chi connectivity index (χ3v) is 5.10. The van der Waals surface area contributed by atoms with Crippen molar-refractivity contribution >= 4 is 28.9 Å². The van der Waals surface area contributed by atoms with Gasteiger partial charge in [-0.25, -0.2) is 4.79 Å². The highest BCUT2D eigenvalue weighted by Gasteiger charge is 2.45. The number of anilines is 1. The van der Waals surface area contributed by atoms with Crippen LogP contribution in [0.4, 0.5) is 5.69 Å². The first-order valence-corrected chi connectivity index (χ1v) is 8.05. The second kappa shape index (κ2) is 6.00. The standard InChI is InChI=1S/C16H16N2O4S/c1-8-3-4-23-13(8)10-6-11(10)14(19)18-12-5-9(16(21)22-2)7-17-15(12)20/h3-5,7,10-11H,6H2,1-2H3,(H,17,20)(H,18,19)/t10-,11+/m1/s1. The Hall–Kier alpha value is -2.41. The van der Waals surface area contributed by atoms with Crippen LogP contribution < -0.4 is 10.9 Å². The summed E-state index contributed by atoms with van der Waals surface area (Å²) in [5.41, 5.74) is 0.992. The van der Waals surface area contributed by atoms with Crippen molar-refractivity contribution in [1.29, 1.82) is 0 Å². The zero-order valence-electron chi connectivity index (χ0n) is 12.7. The van der Waals surface area contributed by atoms with Gasteiger partial charge in [-0.3, -0.25) is 9.59 Å². The number of ether oxygens (including phenoxy) is 1. The predicted octanol–water partition coefficient (Wildman–Crippen LogP) is 2.27. The molecule has 1 aliphatic carbocycles. The lowest BCUT2D eigenvalue weighted by atomic mass is 10.2. The molecule has 1 fully saturated rings. The summed E-state index contributed by atoms with van der Waals surface area (Å²) in [5, 5.41) is 4.63. The van der Waals surface area contributed by atoms with E-state index in [1.807, 2.05) is 18.4 Å². The number of aromatic amines is 1. The van der Waals surface area contributed by atoms with Gasteiger partial charge in [-0.15, -0.1) is 11.3 Å². The van der Waals surface area contributed by atoms with Crippen LogP contribution in [0.2, 0.25) is 0 Å². The van der Waals surface area contributed by atoms with E-state index in [4.69, 9.17) is 0 Å². The molecule has 2 atom stereocenters. The number of esters is 1. The summed E-state index contributed by atoms with van der Waals surface area (Å²) in [6.07, 6.45) is 2.04. The van der Waals surface area contributed by atoms with Crippen LogP contribution in [0.15, 0.2) is 28.5 Å². The quantitative estimate of drug-likeness (QED) is 0.841. The number of rotatable bonds is 4. The van der Waals surface area contributed by atoms with E-state index in [0.717, 1.165) is 6.42 Å². The van der Waals surface area contributed by atoms with E-state index < -0.39 is 11.5 Å². The third kappa shape index (κ3) is 3.05. The lowest BCUT2D eigenvalue weighted by Gasteiger charge is -2.06. The van der Waals surface area contributed by atoms with Crippen molar-refractivity contribution in [3.8, 4) is 0 Å².